The molecule has 1 aromatic rings. The van der Waals surface area contributed by atoms with Crippen molar-refractivity contribution in [3.63, 3.8) is 0 Å². The Kier molecular flexibility index (Phi) is 5.03. The first-order valence-corrected chi connectivity index (χ1v) is 6.63. The summed E-state index contributed by atoms with van der Waals surface area (Å²) < 4.78 is 5.14. The van der Waals surface area contributed by atoms with Crippen molar-refractivity contribution in [2.75, 3.05) is 26.7 Å². The molecule has 0 saturated carbocycles. The molecule has 1 saturated heterocycles. The van der Waals surface area contributed by atoms with E-state index >= 15 is 0 Å². The SMILES string of the molecule is COc1cccc(CNC(=O)NCC2CCNC2)c1. The number of rotatable bonds is 5. The zero-order valence-electron chi connectivity index (χ0n) is 11.2. The van der Waals surface area contributed by atoms with Gasteiger partial charge in [-0.25, -0.2) is 4.79 Å². The van der Waals surface area contributed by atoms with Crippen LogP contribution in [0.2, 0.25) is 0 Å². The Hall–Kier alpha value is -1.75. The van der Waals surface area contributed by atoms with Gasteiger partial charge in [0.1, 0.15) is 5.75 Å². The summed E-state index contributed by atoms with van der Waals surface area (Å²) in [6, 6.07) is 7.56. The molecule has 1 heterocycles. The van der Waals surface area contributed by atoms with Crippen LogP contribution in [0.5, 0.6) is 5.75 Å². The lowest BCUT2D eigenvalue weighted by Crippen LogP contribution is -2.38. The van der Waals surface area contributed by atoms with Crippen LogP contribution < -0.4 is 20.7 Å². The monoisotopic (exact) mass is 263 g/mol. The van der Waals surface area contributed by atoms with Crippen LogP contribution in [-0.2, 0) is 6.54 Å². The summed E-state index contributed by atoms with van der Waals surface area (Å²) in [6.45, 7) is 3.29. The molecule has 2 amide bonds. The summed E-state index contributed by atoms with van der Waals surface area (Å²) in [5, 5.41) is 9.03. The van der Waals surface area contributed by atoms with Gasteiger partial charge in [0, 0.05) is 13.1 Å². The lowest BCUT2D eigenvalue weighted by molar-refractivity contribution is 0.239. The first-order chi connectivity index (χ1) is 9.28. The molecular formula is C14H21N3O2. The van der Waals surface area contributed by atoms with E-state index in [9.17, 15) is 4.79 Å². The van der Waals surface area contributed by atoms with Gasteiger partial charge in [0.05, 0.1) is 7.11 Å². The molecule has 2 rings (SSSR count). The molecule has 0 aliphatic carbocycles. The zero-order valence-corrected chi connectivity index (χ0v) is 11.2. The van der Waals surface area contributed by atoms with E-state index in [1.54, 1.807) is 7.11 Å². The van der Waals surface area contributed by atoms with Crippen molar-refractivity contribution in [1.82, 2.24) is 16.0 Å². The second-order valence-corrected chi connectivity index (χ2v) is 4.77. The summed E-state index contributed by atoms with van der Waals surface area (Å²) in [5.74, 6) is 1.36. The van der Waals surface area contributed by atoms with Gasteiger partial charge >= 0.3 is 6.03 Å². The summed E-state index contributed by atoms with van der Waals surface area (Å²) in [4.78, 5) is 11.7. The third kappa shape index (κ3) is 4.44. The van der Waals surface area contributed by atoms with E-state index in [1.165, 1.54) is 0 Å². The molecule has 3 N–H and O–H groups in total. The van der Waals surface area contributed by atoms with Gasteiger partial charge < -0.3 is 20.7 Å². The van der Waals surface area contributed by atoms with Gasteiger partial charge in [-0.2, -0.15) is 0 Å². The molecule has 0 radical (unpaired) electrons. The maximum atomic E-state index is 11.7. The molecule has 0 bridgehead atoms. The van der Waals surface area contributed by atoms with Gasteiger partial charge in [0.2, 0.25) is 0 Å². The van der Waals surface area contributed by atoms with Crippen LogP contribution in [0, 0.1) is 5.92 Å². The van der Waals surface area contributed by atoms with E-state index in [-0.39, 0.29) is 6.03 Å². The van der Waals surface area contributed by atoms with Crippen molar-refractivity contribution in [2.24, 2.45) is 5.92 Å². The molecule has 1 aliphatic heterocycles. The van der Waals surface area contributed by atoms with Crippen LogP contribution in [0.1, 0.15) is 12.0 Å². The average Bonchev–Trinajstić information content (AvgIpc) is 2.96. The number of ether oxygens (including phenoxy) is 1. The maximum Gasteiger partial charge on any atom is 0.315 e. The van der Waals surface area contributed by atoms with Crippen LogP contribution in [-0.4, -0.2) is 32.8 Å². The highest BCUT2D eigenvalue weighted by Crippen LogP contribution is 2.12. The van der Waals surface area contributed by atoms with Crippen LogP contribution >= 0.6 is 0 Å². The third-order valence-corrected chi connectivity index (χ3v) is 3.30. The van der Waals surface area contributed by atoms with Crippen molar-refractivity contribution in [3.05, 3.63) is 29.8 Å². The predicted octanol–water partition coefficient (Wildman–Crippen LogP) is 1.10. The van der Waals surface area contributed by atoms with E-state index in [0.29, 0.717) is 12.5 Å². The number of hydrogen-bond acceptors (Lipinski definition) is 3. The summed E-state index contributed by atoms with van der Waals surface area (Å²) >= 11 is 0. The Morgan fingerprint density at radius 2 is 2.37 bits per heavy atom. The number of methoxy groups -OCH3 is 1. The topological polar surface area (TPSA) is 62.4 Å². The van der Waals surface area contributed by atoms with E-state index < -0.39 is 0 Å². The smallest absolute Gasteiger partial charge is 0.315 e. The van der Waals surface area contributed by atoms with Crippen LogP contribution in [0.4, 0.5) is 4.79 Å². The molecule has 1 aliphatic rings. The molecule has 104 valence electrons. The van der Waals surface area contributed by atoms with Gasteiger partial charge in [0.25, 0.3) is 0 Å². The molecular weight excluding hydrogens is 242 g/mol. The highest BCUT2D eigenvalue weighted by molar-refractivity contribution is 5.73. The fourth-order valence-corrected chi connectivity index (χ4v) is 2.15. The largest absolute Gasteiger partial charge is 0.497 e. The second kappa shape index (κ2) is 6.99. The number of benzene rings is 1. The molecule has 19 heavy (non-hydrogen) atoms. The van der Waals surface area contributed by atoms with E-state index in [0.717, 1.165) is 37.4 Å². The summed E-state index contributed by atoms with van der Waals surface area (Å²) in [6.07, 6.45) is 1.14. The molecule has 0 aromatic heterocycles. The maximum absolute atomic E-state index is 11.7. The standard InChI is InChI=1S/C14H21N3O2/c1-19-13-4-2-3-11(7-13)9-16-14(18)17-10-12-5-6-15-8-12/h2-4,7,12,15H,5-6,8-10H2,1H3,(H2,16,17,18). The minimum Gasteiger partial charge on any atom is -0.497 e. The number of amides is 2. The Morgan fingerprint density at radius 1 is 1.47 bits per heavy atom. The van der Waals surface area contributed by atoms with Gasteiger partial charge in [-0.3, -0.25) is 0 Å². The summed E-state index contributed by atoms with van der Waals surface area (Å²) in [5.41, 5.74) is 1.03. The molecule has 1 fully saturated rings. The Bertz CT molecular complexity index is 417. The quantitative estimate of drug-likeness (QED) is 0.745. The van der Waals surface area contributed by atoms with Gasteiger partial charge in [-0.1, -0.05) is 12.1 Å². The Labute approximate surface area is 113 Å². The average molecular weight is 263 g/mol. The first kappa shape index (κ1) is 13.7. The zero-order chi connectivity index (χ0) is 13.5. The predicted molar refractivity (Wildman–Crippen MR) is 74.2 cm³/mol. The van der Waals surface area contributed by atoms with E-state index in [1.807, 2.05) is 24.3 Å². The highest BCUT2D eigenvalue weighted by Gasteiger charge is 2.14. The van der Waals surface area contributed by atoms with Crippen molar-refractivity contribution >= 4 is 6.03 Å². The Morgan fingerprint density at radius 3 is 3.11 bits per heavy atom. The number of hydrogen-bond donors (Lipinski definition) is 3. The summed E-state index contributed by atoms with van der Waals surface area (Å²) in [7, 11) is 1.63. The number of urea groups is 1. The molecule has 5 heteroatoms. The van der Waals surface area contributed by atoms with Gasteiger partial charge in [-0.05, 0) is 43.1 Å². The first-order valence-electron chi connectivity index (χ1n) is 6.63. The van der Waals surface area contributed by atoms with Crippen LogP contribution in [0.25, 0.3) is 0 Å². The Balaban J connectivity index is 1.70. The minimum absolute atomic E-state index is 0.116. The lowest BCUT2D eigenvalue weighted by atomic mass is 10.1. The fourth-order valence-electron chi connectivity index (χ4n) is 2.15. The van der Waals surface area contributed by atoms with Crippen molar-refractivity contribution in [1.29, 1.82) is 0 Å². The van der Waals surface area contributed by atoms with Crippen LogP contribution in [0.15, 0.2) is 24.3 Å². The van der Waals surface area contributed by atoms with E-state index in [4.69, 9.17) is 4.74 Å². The number of nitrogens with one attached hydrogen (secondary N) is 3. The van der Waals surface area contributed by atoms with Crippen molar-refractivity contribution < 1.29 is 9.53 Å². The number of carbonyl (C=O) groups excluding carboxylic acids is 1. The highest BCUT2D eigenvalue weighted by atomic mass is 16.5. The molecule has 0 spiro atoms. The van der Waals surface area contributed by atoms with Gasteiger partial charge in [-0.15, -0.1) is 0 Å². The number of carbonyl (C=O) groups is 1. The molecule has 1 aromatic carbocycles. The fraction of sp³-hybridized carbons (Fsp3) is 0.500. The second-order valence-electron chi connectivity index (χ2n) is 4.77. The normalized spacial score (nSPS) is 18.1. The van der Waals surface area contributed by atoms with Crippen LogP contribution in [0.3, 0.4) is 0 Å². The lowest BCUT2D eigenvalue weighted by Gasteiger charge is -2.11. The van der Waals surface area contributed by atoms with Gasteiger partial charge in [0.15, 0.2) is 0 Å². The van der Waals surface area contributed by atoms with E-state index in [2.05, 4.69) is 16.0 Å². The molecule has 1 atom stereocenters. The van der Waals surface area contributed by atoms with Crippen molar-refractivity contribution in [3.8, 4) is 5.75 Å². The minimum atomic E-state index is -0.116. The molecule has 1 unspecified atom stereocenters. The molecule has 5 nitrogen and oxygen atoms in total. The third-order valence-electron chi connectivity index (χ3n) is 3.30. The van der Waals surface area contributed by atoms with Crippen molar-refractivity contribution in [2.45, 2.75) is 13.0 Å².